The number of halogens is 2. The molecule has 1 saturated heterocycles. The van der Waals surface area contributed by atoms with Crippen LogP contribution in [0.1, 0.15) is 19.0 Å². The predicted molar refractivity (Wildman–Crippen MR) is 97.8 cm³/mol. The van der Waals surface area contributed by atoms with Crippen molar-refractivity contribution in [3.63, 3.8) is 0 Å². The van der Waals surface area contributed by atoms with Crippen LogP contribution in [0.3, 0.4) is 0 Å². The molecule has 2 aromatic heterocycles. The van der Waals surface area contributed by atoms with Crippen molar-refractivity contribution in [3.8, 4) is 11.3 Å². The molecule has 0 N–H and O–H groups in total. The van der Waals surface area contributed by atoms with Gasteiger partial charge in [-0.05, 0) is 24.3 Å². The molecule has 6 nitrogen and oxygen atoms in total. The summed E-state index contributed by atoms with van der Waals surface area (Å²) in [6.45, 7) is 4.47. The Kier molecular flexibility index (Phi) is 4.47. The highest BCUT2D eigenvalue weighted by molar-refractivity contribution is 5.74. The fourth-order valence-electron chi connectivity index (χ4n) is 3.34. The number of imidazole rings is 1. The summed E-state index contributed by atoms with van der Waals surface area (Å²) in [5.74, 6) is 0.0926. The van der Waals surface area contributed by atoms with E-state index in [1.165, 1.54) is 10.6 Å². The molecule has 4 rings (SSSR count). The number of alkyl halides is 2. The quantitative estimate of drug-likeness (QED) is 0.710. The van der Waals surface area contributed by atoms with Crippen molar-refractivity contribution >= 4 is 17.2 Å². The van der Waals surface area contributed by atoms with E-state index >= 15 is 0 Å². The Morgan fingerprint density at radius 3 is 2.59 bits per heavy atom. The minimum absolute atomic E-state index is 0.0926. The van der Waals surface area contributed by atoms with Crippen LogP contribution in [0.4, 0.5) is 14.5 Å². The molecule has 3 heterocycles. The molecule has 0 saturated carbocycles. The van der Waals surface area contributed by atoms with E-state index in [-0.39, 0.29) is 11.6 Å². The molecule has 0 spiro atoms. The third-order valence-electron chi connectivity index (χ3n) is 4.84. The van der Waals surface area contributed by atoms with E-state index in [0.29, 0.717) is 24.4 Å². The van der Waals surface area contributed by atoms with Gasteiger partial charge in [0.2, 0.25) is 5.91 Å². The number of anilines is 1. The first-order valence-electron chi connectivity index (χ1n) is 8.76. The number of fused-ring (bicyclic) bond motifs is 1. The van der Waals surface area contributed by atoms with Crippen LogP contribution in [0.2, 0.25) is 0 Å². The van der Waals surface area contributed by atoms with Crippen LogP contribution in [0.5, 0.6) is 0 Å². The van der Waals surface area contributed by atoms with Gasteiger partial charge in [-0.1, -0.05) is 12.1 Å². The number of rotatable bonds is 3. The van der Waals surface area contributed by atoms with Crippen molar-refractivity contribution in [2.45, 2.75) is 13.3 Å². The summed E-state index contributed by atoms with van der Waals surface area (Å²) in [5, 5.41) is 4.03. The van der Waals surface area contributed by atoms with Gasteiger partial charge in [0.25, 0.3) is 6.43 Å². The van der Waals surface area contributed by atoms with Crippen LogP contribution in [0, 0.1) is 0 Å². The van der Waals surface area contributed by atoms with Crippen LogP contribution < -0.4 is 4.90 Å². The highest BCUT2D eigenvalue weighted by Crippen LogP contribution is 2.27. The third-order valence-corrected chi connectivity index (χ3v) is 4.84. The van der Waals surface area contributed by atoms with Crippen molar-refractivity contribution in [1.82, 2.24) is 19.5 Å². The highest BCUT2D eigenvalue weighted by Gasteiger charge is 2.19. The Morgan fingerprint density at radius 2 is 1.89 bits per heavy atom. The number of carbonyl (C=O) groups excluding carboxylic acids is 1. The average Bonchev–Trinajstić information content (AvgIpc) is 3.11. The van der Waals surface area contributed by atoms with Crippen LogP contribution in [0.25, 0.3) is 16.9 Å². The van der Waals surface area contributed by atoms with E-state index in [1.807, 2.05) is 29.2 Å². The number of carbonyl (C=O) groups is 1. The molecule has 1 aromatic carbocycles. The van der Waals surface area contributed by atoms with E-state index in [0.717, 1.165) is 24.3 Å². The topological polar surface area (TPSA) is 53.7 Å². The second kappa shape index (κ2) is 6.94. The number of hydrogen-bond acceptors (Lipinski definition) is 4. The Hall–Kier alpha value is -3.03. The summed E-state index contributed by atoms with van der Waals surface area (Å²) in [4.78, 5) is 19.8. The molecule has 1 fully saturated rings. The first-order valence-corrected chi connectivity index (χ1v) is 8.76. The molecule has 0 aliphatic carbocycles. The molecule has 8 heteroatoms. The molecule has 0 atom stereocenters. The Labute approximate surface area is 155 Å². The molecule has 140 valence electrons. The lowest BCUT2D eigenvalue weighted by molar-refractivity contribution is -0.129. The maximum Gasteiger partial charge on any atom is 0.282 e. The van der Waals surface area contributed by atoms with Crippen LogP contribution >= 0.6 is 0 Å². The number of piperazine rings is 1. The lowest BCUT2D eigenvalue weighted by atomic mass is 10.1. The summed E-state index contributed by atoms with van der Waals surface area (Å²) in [6.07, 6.45) is -0.988. The van der Waals surface area contributed by atoms with Crippen molar-refractivity contribution in [2.24, 2.45) is 0 Å². The van der Waals surface area contributed by atoms with Gasteiger partial charge in [-0.3, -0.25) is 4.79 Å². The molecule has 1 amide bonds. The smallest absolute Gasteiger partial charge is 0.282 e. The van der Waals surface area contributed by atoms with Gasteiger partial charge >= 0.3 is 0 Å². The van der Waals surface area contributed by atoms with E-state index in [1.54, 1.807) is 19.2 Å². The minimum Gasteiger partial charge on any atom is -0.368 e. The summed E-state index contributed by atoms with van der Waals surface area (Å²) in [5.41, 5.74) is 2.79. The fourth-order valence-corrected chi connectivity index (χ4v) is 3.34. The monoisotopic (exact) mass is 371 g/mol. The van der Waals surface area contributed by atoms with Gasteiger partial charge in [-0.25, -0.2) is 18.3 Å². The number of amides is 1. The predicted octanol–water partition coefficient (Wildman–Crippen LogP) is 3.00. The van der Waals surface area contributed by atoms with Crippen molar-refractivity contribution in [1.29, 1.82) is 0 Å². The van der Waals surface area contributed by atoms with E-state index < -0.39 is 6.43 Å². The summed E-state index contributed by atoms with van der Waals surface area (Å²) >= 11 is 0. The van der Waals surface area contributed by atoms with Gasteiger partial charge in [0.15, 0.2) is 5.65 Å². The largest absolute Gasteiger partial charge is 0.368 e. The SMILES string of the molecule is CC(=O)N1CCN(c2cccc(-c3cnc4ccc(C(F)F)nn34)c2)CC1. The molecular formula is C19H19F2N5O. The number of benzene rings is 1. The van der Waals surface area contributed by atoms with Crippen molar-refractivity contribution < 1.29 is 13.6 Å². The number of aromatic nitrogens is 3. The number of nitrogens with zero attached hydrogens (tertiary/aromatic N) is 5. The molecule has 0 radical (unpaired) electrons. The van der Waals surface area contributed by atoms with Gasteiger partial charge in [0.1, 0.15) is 5.69 Å². The molecule has 27 heavy (non-hydrogen) atoms. The molecule has 3 aromatic rings. The Balaban J connectivity index is 1.64. The van der Waals surface area contributed by atoms with E-state index in [9.17, 15) is 13.6 Å². The lowest BCUT2D eigenvalue weighted by Gasteiger charge is -2.35. The standard InChI is InChI=1S/C19H19F2N5O/c1-13(27)24-7-9-25(10-8-24)15-4-2-3-14(11-15)17-12-22-18-6-5-16(19(20)21)23-26(17)18/h2-6,11-12,19H,7-10H2,1H3. The van der Waals surface area contributed by atoms with Crippen LogP contribution in [0.15, 0.2) is 42.6 Å². The summed E-state index contributed by atoms with van der Waals surface area (Å²) in [7, 11) is 0. The Morgan fingerprint density at radius 1 is 1.11 bits per heavy atom. The second-order valence-electron chi connectivity index (χ2n) is 6.52. The van der Waals surface area contributed by atoms with E-state index in [2.05, 4.69) is 15.0 Å². The van der Waals surface area contributed by atoms with Gasteiger partial charge < -0.3 is 9.80 Å². The van der Waals surface area contributed by atoms with Gasteiger partial charge in [-0.2, -0.15) is 5.10 Å². The van der Waals surface area contributed by atoms with E-state index in [4.69, 9.17) is 0 Å². The zero-order valence-corrected chi connectivity index (χ0v) is 14.8. The fraction of sp³-hybridized carbons (Fsp3) is 0.316. The molecular weight excluding hydrogens is 352 g/mol. The lowest BCUT2D eigenvalue weighted by Crippen LogP contribution is -2.48. The van der Waals surface area contributed by atoms with Crippen molar-refractivity contribution in [3.05, 3.63) is 48.3 Å². The maximum atomic E-state index is 13.0. The summed E-state index contributed by atoms with van der Waals surface area (Å²) in [6, 6.07) is 10.7. The molecule has 1 aliphatic rings. The first-order chi connectivity index (χ1) is 13.0. The zero-order valence-electron chi connectivity index (χ0n) is 14.8. The minimum atomic E-state index is -2.63. The van der Waals surface area contributed by atoms with Gasteiger partial charge in [0, 0.05) is 44.4 Å². The van der Waals surface area contributed by atoms with Crippen LogP contribution in [-0.2, 0) is 4.79 Å². The molecule has 0 bridgehead atoms. The highest BCUT2D eigenvalue weighted by atomic mass is 19.3. The maximum absolute atomic E-state index is 13.0. The summed E-state index contributed by atoms with van der Waals surface area (Å²) < 4.78 is 27.5. The van der Waals surface area contributed by atoms with Gasteiger partial charge in [-0.15, -0.1) is 0 Å². The number of hydrogen-bond donors (Lipinski definition) is 0. The van der Waals surface area contributed by atoms with Gasteiger partial charge in [0.05, 0.1) is 11.9 Å². The normalized spacial score (nSPS) is 15.0. The molecule has 1 aliphatic heterocycles. The van der Waals surface area contributed by atoms with Crippen molar-refractivity contribution in [2.75, 3.05) is 31.1 Å². The average molecular weight is 371 g/mol. The third kappa shape index (κ3) is 3.34. The Bertz CT molecular complexity index is 979. The first kappa shape index (κ1) is 17.4. The zero-order chi connectivity index (χ0) is 19.0. The second-order valence-corrected chi connectivity index (χ2v) is 6.52. The van der Waals surface area contributed by atoms with Crippen LogP contribution in [-0.4, -0.2) is 51.6 Å². The molecule has 0 unspecified atom stereocenters.